The van der Waals surface area contributed by atoms with E-state index in [4.69, 9.17) is 0 Å². The van der Waals surface area contributed by atoms with E-state index < -0.39 is 16.3 Å². The van der Waals surface area contributed by atoms with Crippen molar-refractivity contribution >= 4 is 16.3 Å². The molecule has 3 N–H and O–H groups in total. The second-order valence-electron chi connectivity index (χ2n) is 4.48. The second kappa shape index (κ2) is 5.65. The van der Waals surface area contributed by atoms with Gasteiger partial charge in [-0.3, -0.25) is 0 Å². The van der Waals surface area contributed by atoms with Gasteiger partial charge in [0.05, 0.1) is 7.11 Å². The summed E-state index contributed by atoms with van der Waals surface area (Å²) in [4.78, 5) is 10.8. The molecule has 0 aromatic carbocycles. The molecule has 1 aliphatic rings. The predicted molar refractivity (Wildman–Crippen MR) is 62.7 cm³/mol. The fourth-order valence-corrected chi connectivity index (χ4v) is 2.58. The summed E-state index contributed by atoms with van der Waals surface area (Å²) in [5, 5.41) is 3.21. The highest BCUT2D eigenvalue weighted by molar-refractivity contribution is 7.88. The maximum Gasteiger partial charge on any atom is 0.421 e. The van der Waals surface area contributed by atoms with Crippen molar-refractivity contribution in [3.63, 3.8) is 0 Å². The van der Waals surface area contributed by atoms with Crippen LogP contribution in [-0.2, 0) is 14.9 Å². The highest BCUT2D eigenvalue weighted by Crippen LogP contribution is 2.26. The molecule has 0 aliphatic carbocycles. The quantitative estimate of drug-likeness (QED) is 0.641. The van der Waals surface area contributed by atoms with E-state index >= 15 is 0 Å². The van der Waals surface area contributed by atoms with Crippen LogP contribution in [0.1, 0.15) is 19.8 Å². The van der Waals surface area contributed by atoms with Gasteiger partial charge in [-0.05, 0) is 31.3 Å². The molecular formula is C9H19N3O4S. The van der Waals surface area contributed by atoms with Gasteiger partial charge in [0.15, 0.2) is 0 Å². The number of carbonyl (C=O) groups is 1. The van der Waals surface area contributed by atoms with Crippen LogP contribution in [0.2, 0.25) is 0 Å². The van der Waals surface area contributed by atoms with Crippen molar-refractivity contribution in [3.8, 4) is 0 Å². The van der Waals surface area contributed by atoms with Crippen molar-refractivity contribution in [2.45, 2.75) is 19.8 Å². The van der Waals surface area contributed by atoms with Gasteiger partial charge in [0.25, 0.3) is 0 Å². The van der Waals surface area contributed by atoms with Gasteiger partial charge in [-0.15, -0.1) is 0 Å². The molecule has 100 valence electrons. The Morgan fingerprint density at radius 1 is 1.41 bits per heavy atom. The van der Waals surface area contributed by atoms with E-state index in [2.05, 4.69) is 14.8 Å². The molecule has 8 heteroatoms. The molecule has 1 fully saturated rings. The zero-order chi connectivity index (χ0) is 12.9. The Labute approximate surface area is 101 Å². The summed E-state index contributed by atoms with van der Waals surface area (Å²) in [6.07, 6.45) is 0.801. The number of amides is 1. The Morgan fingerprint density at radius 3 is 2.53 bits per heavy atom. The minimum absolute atomic E-state index is 0.0733. The lowest BCUT2D eigenvalue weighted by Gasteiger charge is -2.33. The molecule has 0 saturated carbocycles. The first kappa shape index (κ1) is 14.2. The molecule has 1 saturated heterocycles. The molecule has 1 rings (SSSR count). The van der Waals surface area contributed by atoms with Crippen molar-refractivity contribution in [2.24, 2.45) is 5.41 Å². The monoisotopic (exact) mass is 265 g/mol. The lowest BCUT2D eigenvalue weighted by molar-refractivity contribution is 0.177. The van der Waals surface area contributed by atoms with Gasteiger partial charge in [-0.25, -0.2) is 9.52 Å². The number of ether oxygens (including phenoxy) is 1. The van der Waals surface area contributed by atoms with Crippen molar-refractivity contribution in [2.75, 3.05) is 26.7 Å². The van der Waals surface area contributed by atoms with Crippen molar-refractivity contribution in [1.82, 2.24) is 14.8 Å². The normalized spacial score (nSPS) is 19.6. The Kier molecular flexibility index (Phi) is 4.72. The molecule has 1 amide bonds. The topological polar surface area (TPSA) is 96.5 Å². The number of hydrogen-bond acceptors (Lipinski definition) is 5. The van der Waals surface area contributed by atoms with E-state index in [-0.39, 0.29) is 5.41 Å². The van der Waals surface area contributed by atoms with Gasteiger partial charge in [0.2, 0.25) is 0 Å². The number of hydrogen-bond donors (Lipinski definition) is 3. The average Bonchev–Trinajstić information content (AvgIpc) is 2.27. The molecule has 17 heavy (non-hydrogen) atoms. The first-order valence-electron chi connectivity index (χ1n) is 5.43. The lowest BCUT2D eigenvalue weighted by atomic mass is 9.81. The van der Waals surface area contributed by atoms with E-state index in [9.17, 15) is 13.2 Å². The van der Waals surface area contributed by atoms with Gasteiger partial charge in [-0.2, -0.15) is 13.1 Å². The Bertz CT molecular complexity index is 362. The van der Waals surface area contributed by atoms with Crippen LogP contribution >= 0.6 is 0 Å². The van der Waals surface area contributed by atoms with Gasteiger partial charge < -0.3 is 10.1 Å². The number of nitrogens with one attached hydrogen (secondary N) is 3. The first-order valence-corrected chi connectivity index (χ1v) is 6.91. The fourth-order valence-electron chi connectivity index (χ4n) is 1.66. The summed E-state index contributed by atoms with van der Waals surface area (Å²) < 4.78 is 31.2. The van der Waals surface area contributed by atoms with Crippen LogP contribution < -0.4 is 14.8 Å². The highest BCUT2D eigenvalue weighted by atomic mass is 32.2. The van der Waals surface area contributed by atoms with E-state index in [0.717, 1.165) is 33.0 Å². The number of piperidine rings is 1. The third kappa shape index (κ3) is 4.88. The van der Waals surface area contributed by atoms with Crippen LogP contribution in [0.15, 0.2) is 0 Å². The molecule has 7 nitrogen and oxygen atoms in total. The predicted octanol–water partition coefficient (Wildman–Crippen LogP) is -0.433. The average molecular weight is 265 g/mol. The van der Waals surface area contributed by atoms with Crippen LogP contribution in [0.25, 0.3) is 0 Å². The molecule has 0 aromatic rings. The lowest BCUT2D eigenvalue weighted by Crippen LogP contribution is -2.47. The zero-order valence-corrected chi connectivity index (χ0v) is 10.9. The minimum atomic E-state index is -3.83. The Hall–Kier alpha value is -0.860. The summed E-state index contributed by atoms with van der Waals surface area (Å²) >= 11 is 0. The van der Waals surface area contributed by atoms with Crippen molar-refractivity contribution in [1.29, 1.82) is 0 Å². The molecule has 0 aromatic heterocycles. The third-order valence-corrected chi connectivity index (χ3v) is 3.86. The summed E-state index contributed by atoms with van der Waals surface area (Å²) in [6, 6.07) is 0. The molecule has 0 unspecified atom stereocenters. The molecule has 0 atom stereocenters. The number of rotatable bonds is 4. The maximum absolute atomic E-state index is 11.4. The van der Waals surface area contributed by atoms with E-state index in [1.807, 2.05) is 6.92 Å². The van der Waals surface area contributed by atoms with Gasteiger partial charge in [-0.1, -0.05) is 6.92 Å². The van der Waals surface area contributed by atoms with Crippen LogP contribution in [0.5, 0.6) is 0 Å². The van der Waals surface area contributed by atoms with Gasteiger partial charge in [0.1, 0.15) is 0 Å². The van der Waals surface area contributed by atoms with Crippen LogP contribution in [0.3, 0.4) is 0 Å². The standard InChI is InChI=1S/C9H19N3O4S/c1-9(3-5-10-6-4-9)7-11-17(14,15)12-8(13)16-2/h10-11H,3-7H2,1-2H3,(H,12,13). The SMILES string of the molecule is COC(=O)NS(=O)(=O)NCC1(C)CCNCC1. The molecule has 0 radical (unpaired) electrons. The number of carbonyl (C=O) groups excluding carboxylic acids is 1. The van der Waals surface area contributed by atoms with Gasteiger partial charge >= 0.3 is 16.3 Å². The first-order chi connectivity index (χ1) is 7.87. The minimum Gasteiger partial charge on any atom is -0.452 e. The van der Waals surface area contributed by atoms with Crippen molar-refractivity contribution < 1.29 is 17.9 Å². The van der Waals surface area contributed by atoms with E-state index in [1.54, 1.807) is 4.72 Å². The summed E-state index contributed by atoms with van der Waals surface area (Å²) in [6.45, 7) is 4.08. The van der Waals surface area contributed by atoms with Crippen LogP contribution in [0.4, 0.5) is 4.79 Å². The second-order valence-corrected chi connectivity index (χ2v) is 5.98. The fraction of sp³-hybridized carbons (Fsp3) is 0.889. The molecule has 0 bridgehead atoms. The smallest absolute Gasteiger partial charge is 0.421 e. The molecule has 1 heterocycles. The Balaban J connectivity index is 2.46. The Morgan fingerprint density at radius 2 is 2.00 bits per heavy atom. The molecule has 1 aliphatic heterocycles. The number of methoxy groups -OCH3 is 1. The maximum atomic E-state index is 11.4. The third-order valence-electron chi connectivity index (χ3n) is 2.90. The summed E-state index contributed by atoms with van der Waals surface area (Å²) in [5.41, 5.74) is -0.0733. The van der Waals surface area contributed by atoms with Gasteiger partial charge in [0, 0.05) is 6.54 Å². The van der Waals surface area contributed by atoms with E-state index in [0.29, 0.717) is 6.54 Å². The zero-order valence-electron chi connectivity index (χ0n) is 10.1. The highest BCUT2D eigenvalue weighted by Gasteiger charge is 2.28. The van der Waals surface area contributed by atoms with Crippen LogP contribution in [-0.4, -0.2) is 41.3 Å². The summed E-state index contributed by atoms with van der Waals surface area (Å²) in [7, 11) is -2.72. The summed E-state index contributed by atoms with van der Waals surface area (Å²) in [5.74, 6) is 0. The molecule has 0 spiro atoms. The molecular weight excluding hydrogens is 246 g/mol. The van der Waals surface area contributed by atoms with Crippen molar-refractivity contribution in [3.05, 3.63) is 0 Å². The largest absolute Gasteiger partial charge is 0.452 e. The van der Waals surface area contributed by atoms with Crippen LogP contribution in [0, 0.1) is 5.41 Å². The van der Waals surface area contributed by atoms with E-state index in [1.165, 1.54) is 0 Å².